The Morgan fingerprint density at radius 3 is 2.67 bits per heavy atom. The Labute approximate surface area is 198 Å². The third kappa shape index (κ3) is 4.69. The molecule has 1 heterocycles. The van der Waals surface area contributed by atoms with Crippen LogP contribution in [0.4, 0.5) is 16.2 Å². The SMILES string of the molecule is C[C@H](Nc1ccc(NC(=O)CN2C(=O)N[C@@]3(CCCC[C@H]3C)C2=O)cc1Cl)c1ccccc1. The van der Waals surface area contributed by atoms with Gasteiger partial charge in [-0.15, -0.1) is 0 Å². The van der Waals surface area contributed by atoms with Crippen LogP contribution in [0.15, 0.2) is 48.5 Å². The van der Waals surface area contributed by atoms with E-state index in [1.165, 1.54) is 0 Å². The maximum absolute atomic E-state index is 13.0. The molecule has 33 heavy (non-hydrogen) atoms. The summed E-state index contributed by atoms with van der Waals surface area (Å²) in [6.07, 6.45) is 3.43. The average Bonchev–Trinajstić information content (AvgIpc) is 3.03. The summed E-state index contributed by atoms with van der Waals surface area (Å²) in [6, 6.07) is 14.7. The second kappa shape index (κ2) is 9.43. The van der Waals surface area contributed by atoms with Crippen molar-refractivity contribution in [3.63, 3.8) is 0 Å². The van der Waals surface area contributed by atoms with E-state index in [2.05, 4.69) is 16.0 Å². The van der Waals surface area contributed by atoms with Gasteiger partial charge in [-0.3, -0.25) is 14.5 Å². The molecule has 2 fully saturated rings. The van der Waals surface area contributed by atoms with Crippen LogP contribution < -0.4 is 16.0 Å². The lowest BCUT2D eigenvalue weighted by atomic mass is 9.73. The molecule has 0 bridgehead atoms. The Balaban J connectivity index is 1.38. The van der Waals surface area contributed by atoms with E-state index in [1.807, 2.05) is 44.2 Å². The molecule has 3 N–H and O–H groups in total. The normalized spacial score (nSPS) is 23.4. The van der Waals surface area contributed by atoms with E-state index in [9.17, 15) is 14.4 Å². The van der Waals surface area contributed by atoms with Crippen LogP contribution in [0.25, 0.3) is 0 Å². The molecule has 1 aliphatic carbocycles. The Morgan fingerprint density at radius 2 is 1.97 bits per heavy atom. The number of benzene rings is 2. The van der Waals surface area contributed by atoms with Gasteiger partial charge in [0.25, 0.3) is 5.91 Å². The summed E-state index contributed by atoms with van der Waals surface area (Å²) in [7, 11) is 0. The van der Waals surface area contributed by atoms with Gasteiger partial charge in [-0.2, -0.15) is 0 Å². The second-order valence-electron chi connectivity index (χ2n) is 8.96. The molecule has 2 aromatic rings. The summed E-state index contributed by atoms with van der Waals surface area (Å²) in [5.74, 6) is -0.705. The first-order chi connectivity index (χ1) is 15.8. The third-order valence-electron chi connectivity index (χ3n) is 6.73. The summed E-state index contributed by atoms with van der Waals surface area (Å²) in [5.41, 5.74) is 1.50. The number of halogens is 1. The van der Waals surface area contributed by atoms with Crippen LogP contribution >= 0.6 is 11.6 Å². The topological polar surface area (TPSA) is 90.5 Å². The van der Waals surface area contributed by atoms with Crippen molar-refractivity contribution >= 4 is 40.8 Å². The number of carbonyl (C=O) groups is 3. The largest absolute Gasteiger partial charge is 0.377 e. The van der Waals surface area contributed by atoms with E-state index in [1.54, 1.807) is 18.2 Å². The lowest BCUT2D eigenvalue weighted by Crippen LogP contribution is -2.54. The molecule has 8 heteroatoms. The van der Waals surface area contributed by atoms with Crippen LogP contribution in [0.5, 0.6) is 0 Å². The summed E-state index contributed by atoms with van der Waals surface area (Å²) in [4.78, 5) is 39.2. The summed E-state index contributed by atoms with van der Waals surface area (Å²) >= 11 is 6.43. The summed E-state index contributed by atoms with van der Waals surface area (Å²) in [6.45, 7) is 3.69. The number of amides is 4. The number of rotatable bonds is 6. The first-order valence-electron chi connectivity index (χ1n) is 11.3. The molecule has 2 aromatic carbocycles. The lowest BCUT2D eigenvalue weighted by Gasteiger charge is -2.36. The van der Waals surface area contributed by atoms with Crippen LogP contribution in [0, 0.1) is 5.92 Å². The maximum Gasteiger partial charge on any atom is 0.325 e. The number of nitrogens with zero attached hydrogens (tertiary/aromatic N) is 1. The second-order valence-corrected chi connectivity index (χ2v) is 9.37. The zero-order valence-electron chi connectivity index (χ0n) is 18.9. The van der Waals surface area contributed by atoms with E-state index < -0.39 is 17.5 Å². The highest BCUT2D eigenvalue weighted by Gasteiger charge is 2.55. The Hall–Kier alpha value is -3.06. The standard InChI is InChI=1S/C25H29ClN4O3/c1-16-8-6-7-13-25(16)23(32)30(24(33)29-25)15-22(31)28-19-11-12-21(20(26)14-19)27-17(2)18-9-4-3-5-10-18/h3-5,9-12,14,16-17,27H,6-8,13,15H2,1-2H3,(H,28,31)(H,29,33)/t16-,17+,25-/m1/s1. The van der Waals surface area contributed by atoms with Crippen LogP contribution in [0.3, 0.4) is 0 Å². The summed E-state index contributed by atoms with van der Waals surface area (Å²) < 4.78 is 0. The van der Waals surface area contributed by atoms with Crippen molar-refractivity contribution in [2.45, 2.75) is 51.1 Å². The molecule has 1 saturated heterocycles. The van der Waals surface area contributed by atoms with Gasteiger partial charge in [-0.05, 0) is 49.4 Å². The third-order valence-corrected chi connectivity index (χ3v) is 7.04. The molecular weight excluding hydrogens is 440 g/mol. The van der Waals surface area contributed by atoms with Gasteiger partial charge in [0.1, 0.15) is 12.1 Å². The Bertz CT molecular complexity index is 1060. The van der Waals surface area contributed by atoms with Gasteiger partial charge in [-0.25, -0.2) is 4.79 Å². The number of carbonyl (C=O) groups excluding carboxylic acids is 3. The first-order valence-corrected chi connectivity index (χ1v) is 11.7. The predicted molar refractivity (Wildman–Crippen MR) is 129 cm³/mol. The molecule has 4 rings (SSSR count). The highest BCUT2D eigenvalue weighted by atomic mass is 35.5. The average molecular weight is 469 g/mol. The molecule has 7 nitrogen and oxygen atoms in total. The van der Waals surface area contributed by atoms with Gasteiger partial charge in [0.05, 0.1) is 10.7 Å². The quantitative estimate of drug-likeness (QED) is 0.523. The molecule has 0 radical (unpaired) electrons. The van der Waals surface area contributed by atoms with Gasteiger partial charge in [0.15, 0.2) is 0 Å². The highest BCUT2D eigenvalue weighted by molar-refractivity contribution is 6.33. The molecule has 3 atom stereocenters. The number of urea groups is 1. The first kappa shape index (κ1) is 23.1. The van der Waals surface area contributed by atoms with Crippen LogP contribution in [0.1, 0.15) is 51.1 Å². The van der Waals surface area contributed by atoms with Crippen molar-refractivity contribution in [2.75, 3.05) is 17.2 Å². The fraction of sp³-hybridized carbons (Fsp3) is 0.400. The van der Waals surface area contributed by atoms with Gasteiger partial charge < -0.3 is 16.0 Å². The molecule has 4 amide bonds. The van der Waals surface area contributed by atoms with Crippen molar-refractivity contribution in [3.8, 4) is 0 Å². The van der Waals surface area contributed by atoms with E-state index in [-0.39, 0.29) is 24.4 Å². The van der Waals surface area contributed by atoms with Gasteiger partial charge in [0.2, 0.25) is 5.91 Å². The molecular formula is C25H29ClN4O3. The van der Waals surface area contributed by atoms with Crippen molar-refractivity contribution in [1.29, 1.82) is 0 Å². The Kier molecular flexibility index (Phi) is 6.61. The molecule has 0 unspecified atom stereocenters. The van der Waals surface area contributed by atoms with Gasteiger partial charge in [0, 0.05) is 11.7 Å². The van der Waals surface area contributed by atoms with Crippen LogP contribution in [0.2, 0.25) is 5.02 Å². The zero-order valence-corrected chi connectivity index (χ0v) is 19.6. The number of nitrogens with one attached hydrogen (secondary N) is 3. The number of hydrogen-bond donors (Lipinski definition) is 3. The van der Waals surface area contributed by atoms with E-state index >= 15 is 0 Å². The predicted octanol–water partition coefficient (Wildman–Crippen LogP) is 4.95. The minimum absolute atomic E-state index is 0.0490. The molecule has 1 saturated carbocycles. The van der Waals surface area contributed by atoms with E-state index in [4.69, 9.17) is 11.6 Å². The fourth-order valence-electron chi connectivity index (χ4n) is 4.75. The van der Waals surface area contributed by atoms with Crippen molar-refractivity contribution in [1.82, 2.24) is 10.2 Å². The van der Waals surface area contributed by atoms with Crippen LogP contribution in [-0.4, -0.2) is 34.8 Å². The van der Waals surface area contributed by atoms with Crippen LogP contribution in [-0.2, 0) is 9.59 Å². The van der Waals surface area contributed by atoms with Crippen molar-refractivity contribution < 1.29 is 14.4 Å². The van der Waals surface area contributed by atoms with E-state index in [0.717, 1.165) is 35.4 Å². The van der Waals surface area contributed by atoms with Crippen molar-refractivity contribution in [2.24, 2.45) is 5.92 Å². The van der Waals surface area contributed by atoms with Gasteiger partial charge in [-0.1, -0.05) is 61.7 Å². The lowest BCUT2D eigenvalue weighted by molar-refractivity contribution is -0.136. The molecule has 0 aromatic heterocycles. The van der Waals surface area contributed by atoms with E-state index in [0.29, 0.717) is 17.1 Å². The smallest absolute Gasteiger partial charge is 0.325 e. The molecule has 1 aliphatic heterocycles. The fourth-order valence-corrected chi connectivity index (χ4v) is 4.99. The highest BCUT2D eigenvalue weighted by Crippen LogP contribution is 2.38. The molecule has 174 valence electrons. The van der Waals surface area contributed by atoms with Gasteiger partial charge >= 0.3 is 6.03 Å². The number of imide groups is 1. The molecule has 1 spiro atoms. The minimum Gasteiger partial charge on any atom is -0.377 e. The summed E-state index contributed by atoms with van der Waals surface area (Å²) in [5, 5.41) is 9.43. The number of anilines is 2. The maximum atomic E-state index is 13.0. The minimum atomic E-state index is -0.873. The Morgan fingerprint density at radius 1 is 1.21 bits per heavy atom. The number of hydrogen-bond acceptors (Lipinski definition) is 4. The monoisotopic (exact) mass is 468 g/mol. The molecule has 2 aliphatic rings. The van der Waals surface area contributed by atoms with Crippen molar-refractivity contribution in [3.05, 3.63) is 59.1 Å². The zero-order chi connectivity index (χ0) is 23.6.